The Bertz CT molecular complexity index is 433. The van der Waals surface area contributed by atoms with Gasteiger partial charge in [0.05, 0.1) is 18.8 Å². The molecule has 28 heavy (non-hydrogen) atoms. The highest BCUT2D eigenvalue weighted by atomic mass is 127. The molecule has 0 saturated carbocycles. The summed E-state index contributed by atoms with van der Waals surface area (Å²) in [5.41, 5.74) is 0.109. The summed E-state index contributed by atoms with van der Waals surface area (Å²) in [5.74, 6) is 1.01. The zero-order chi connectivity index (χ0) is 19.5. The molecule has 0 radical (unpaired) electrons. The van der Waals surface area contributed by atoms with Crippen molar-refractivity contribution in [1.29, 1.82) is 0 Å². The Balaban J connectivity index is 0.00000392. The molecule has 7 heteroatoms. The Morgan fingerprint density at radius 2 is 1.93 bits per heavy atom. The van der Waals surface area contributed by atoms with Gasteiger partial charge in [0.15, 0.2) is 5.96 Å². The number of ether oxygens (including phenoxy) is 2. The quantitative estimate of drug-likeness (QED) is 0.267. The van der Waals surface area contributed by atoms with Gasteiger partial charge in [-0.25, -0.2) is 0 Å². The van der Waals surface area contributed by atoms with Crippen LogP contribution in [-0.4, -0.2) is 74.2 Å². The van der Waals surface area contributed by atoms with Gasteiger partial charge in [0.25, 0.3) is 0 Å². The zero-order valence-corrected chi connectivity index (χ0v) is 20.5. The van der Waals surface area contributed by atoms with Crippen LogP contribution < -0.4 is 5.32 Å². The second-order valence-corrected chi connectivity index (χ2v) is 8.01. The summed E-state index contributed by atoms with van der Waals surface area (Å²) in [4.78, 5) is 7.33. The van der Waals surface area contributed by atoms with Crippen LogP contribution in [0.5, 0.6) is 0 Å². The number of nitrogens with zero attached hydrogens (tertiary/aromatic N) is 2. The highest BCUT2D eigenvalue weighted by molar-refractivity contribution is 14.0. The van der Waals surface area contributed by atoms with Gasteiger partial charge in [-0.2, -0.15) is 0 Å². The number of hydrogen-bond acceptors (Lipinski definition) is 4. The summed E-state index contributed by atoms with van der Waals surface area (Å²) in [5, 5.41) is 12.9. The van der Waals surface area contributed by atoms with E-state index in [1.165, 1.54) is 6.42 Å². The van der Waals surface area contributed by atoms with E-state index in [0.717, 1.165) is 83.9 Å². The van der Waals surface area contributed by atoms with E-state index < -0.39 is 0 Å². The minimum Gasteiger partial charge on any atom is -0.396 e. The molecule has 0 aromatic carbocycles. The molecule has 0 aromatic heterocycles. The Morgan fingerprint density at radius 3 is 2.46 bits per heavy atom. The first-order valence-electron chi connectivity index (χ1n) is 11.0. The van der Waals surface area contributed by atoms with Crippen molar-refractivity contribution < 1.29 is 14.6 Å². The molecular formula is C21H42IN3O3. The van der Waals surface area contributed by atoms with Crippen LogP contribution in [0.1, 0.15) is 65.7 Å². The summed E-state index contributed by atoms with van der Waals surface area (Å²) < 4.78 is 11.8. The maximum atomic E-state index is 9.44. The molecule has 2 saturated heterocycles. The van der Waals surface area contributed by atoms with Gasteiger partial charge in [-0.05, 0) is 57.3 Å². The predicted molar refractivity (Wildman–Crippen MR) is 126 cm³/mol. The SMILES string of the molecule is CCNC(=NCC(CC)(CC)CCO)N1CCC(OCC2CCCO2)CC1.I. The Hall–Kier alpha value is -0.120. The van der Waals surface area contributed by atoms with Crippen LogP contribution in [0, 0.1) is 5.41 Å². The van der Waals surface area contributed by atoms with Crippen LogP contribution in [0.4, 0.5) is 0 Å². The number of aliphatic hydroxyl groups excluding tert-OH is 1. The summed E-state index contributed by atoms with van der Waals surface area (Å²) >= 11 is 0. The fraction of sp³-hybridized carbons (Fsp3) is 0.952. The maximum Gasteiger partial charge on any atom is 0.193 e. The minimum absolute atomic E-state index is 0. The molecule has 2 aliphatic rings. The number of piperidine rings is 1. The molecule has 2 rings (SSSR count). The molecule has 6 nitrogen and oxygen atoms in total. The lowest BCUT2D eigenvalue weighted by Gasteiger charge is -2.35. The van der Waals surface area contributed by atoms with E-state index in [9.17, 15) is 5.11 Å². The molecule has 0 aromatic rings. The largest absolute Gasteiger partial charge is 0.396 e. The van der Waals surface area contributed by atoms with E-state index in [2.05, 4.69) is 31.0 Å². The zero-order valence-electron chi connectivity index (χ0n) is 18.1. The molecule has 0 spiro atoms. The van der Waals surface area contributed by atoms with Crippen LogP contribution in [0.15, 0.2) is 4.99 Å². The number of likely N-dealkylation sites (tertiary alicyclic amines) is 1. The van der Waals surface area contributed by atoms with E-state index in [1.54, 1.807) is 0 Å². The fourth-order valence-electron chi connectivity index (χ4n) is 4.07. The molecule has 166 valence electrons. The third kappa shape index (κ3) is 7.95. The van der Waals surface area contributed by atoms with E-state index in [0.29, 0.717) is 12.2 Å². The van der Waals surface area contributed by atoms with Crippen molar-refractivity contribution in [3.63, 3.8) is 0 Å². The Morgan fingerprint density at radius 1 is 1.21 bits per heavy atom. The number of aliphatic hydroxyl groups is 1. The Labute approximate surface area is 188 Å². The monoisotopic (exact) mass is 511 g/mol. The average Bonchev–Trinajstić information content (AvgIpc) is 3.23. The third-order valence-corrected chi connectivity index (χ3v) is 6.32. The molecule has 2 N–H and O–H groups in total. The lowest BCUT2D eigenvalue weighted by molar-refractivity contribution is -0.0367. The standard InChI is InChI=1S/C21H41N3O3.HI/c1-4-21(5-2,11-14-25)17-23-20(22-6-3)24-12-9-18(10-13-24)27-16-19-8-7-15-26-19;/h18-19,25H,4-17H2,1-3H3,(H,22,23);1H. The van der Waals surface area contributed by atoms with Gasteiger partial charge in [-0.1, -0.05) is 13.8 Å². The average molecular weight is 511 g/mol. The number of guanidine groups is 1. The van der Waals surface area contributed by atoms with Crippen LogP contribution in [0.2, 0.25) is 0 Å². The number of hydrogen-bond donors (Lipinski definition) is 2. The number of rotatable bonds is 10. The molecule has 0 amide bonds. The van der Waals surface area contributed by atoms with Gasteiger partial charge in [0, 0.05) is 39.4 Å². The van der Waals surface area contributed by atoms with Gasteiger partial charge in [-0.15, -0.1) is 24.0 Å². The first-order valence-corrected chi connectivity index (χ1v) is 11.0. The molecule has 0 bridgehead atoms. The van der Waals surface area contributed by atoms with Crippen LogP contribution in [0.3, 0.4) is 0 Å². The van der Waals surface area contributed by atoms with Crippen molar-refractivity contribution in [2.75, 3.05) is 46.0 Å². The smallest absolute Gasteiger partial charge is 0.193 e. The van der Waals surface area contributed by atoms with E-state index in [4.69, 9.17) is 14.5 Å². The first-order chi connectivity index (χ1) is 13.2. The second kappa shape index (κ2) is 14.0. The van der Waals surface area contributed by atoms with Gasteiger partial charge in [0.2, 0.25) is 0 Å². The lowest BCUT2D eigenvalue weighted by atomic mass is 9.79. The number of halogens is 1. The van der Waals surface area contributed by atoms with Gasteiger partial charge in [0.1, 0.15) is 0 Å². The second-order valence-electron chi connectivity index (χ2n) is 8.01. The normalized spacial score (nSPS) is 21.6. The summed E-state index contributed by atoms with van der Waals surface area (Å²) in [7, 11) is 0. The Kier molecular flexibility index (Phi) is 12.9. The lowest BCUT2D eigenvalue weighted by Crippen LogP contribution is -2.47. The van der Waals surface area contributed by atoms with Gasteiger partial charge in [-0.3, -0.25) is 4.99 Å². The van der Waals surface area contributed by atoms with Crippen LogP contribution in [-0.2, 0) is 9.47 Å². The number of nitrogens with one attached hydrogen (secondary N) is 1. The van der Waals surface area contributed by atoms with Crippen molar-refractivity contribution in [3.8, 4) is 0 Å². The summed E-state index contributed by atoms with van der Waals surface area (Å²) in [6.45, 7) is 12.0. The van der Waals surface area contributed by atoms with Crippen molar-refractivity contribution in [2.24, 2.45) is 10.4 Å². The van der Waals surface area contributed by atoms with E-state index in [1.807, 2.05) is 0 Å². The minimum atomic E-state index is 0. The van der Waals surface area contributed by atoms with E-state index in [-0.39, 0.29) is 36.0 Å². The fourth-order valence-corrected chi connectivity index (χ4v) is 4.07. The molecule has 2 aliphatic heterocycles. The first kappa shape index (κ1) is 25.9. The molecule has 1 atom stereocenters. The topological polar surface area (TPSA) is 66.3 Å². The third-order valence-electron chi connectivity index (χ3n) is 6.32. The molecule has 2 heterocycles. The van der Waals surface area contributed by atoms with Crippen molar-refractivity contribution in [2.45, 2.75) is 77.9 Å². The van der Waals surface area contributed by atoms with Gasteiger partial charge >= 0.3 is 0 Å². The molecule has 0 aliphatic carbocycles. The molecule has 2 fully saturated rings. The highest BCUT2D eigenvalue weighted by Crippen LogP contribution is 2.30. The van der Waals surface area contributed by atoms with Crippen LogP contribution in [0.25, 0.3) is 0 Å². The van der Waals surface area contributed by atoms with Crippen molar-refractivity contribution in [1.82, 2.24) is 10.2 Å². The maximum absolute atomic E-state index is 9.44. The highest BCUT2D eigenvalue weighted by Gasteiger charge is 2.27. The van der Waals surface area contributed by atoms with Crippen molar-refractivity contribution >= 4 is 29.9 Å². The van der Waals surface area contributed by atoms with Crippen LogP contribution >= 0.6 is 24.0 Å². The summed E-state index contributed by atoms with van der Waals surface area (Å²) in [6, 6.07) is 0. The van der Waals surface area contributed by atoms with Gasteiger partial charge < -0.3 is 24.8 Å². The predicted octanol–water partition coefficient (Wildman–Crippen LogP) is 3.42. The van der Waals surface area contributed by atoms with E-state index >= 15 is 0 Å². The summed E-state index contributed by atoms with van der Waals surface area (Å²) in [6.07, 6.45) is 7.96. The number of aliphatic imine (C=N–C) groups is 1. The van der Waals surface area contributed by atoms with Crippen molar-refractivity contribution in [3.05, 3.63) is 0 Å². The molecular weight excluding hydrogens is 469 g/mol. The molecule has 1 unspecified atom stereocenters.